The zero-order chi connectivity index (χ0) is 28.4. The molecule has 7 nitrogen and oxygen atoms in total. The summed E-state index contributed by atoms with van der Waals surface area (Å²) in [4.78, 5) is 25.1. The maximum atomic E-state index is 13.7. The van der Waals surface area contributed by atoms with E-state index in [1.807, 2.05) is 30.3 Å². The highest BCUT2D eigenvalue weighted by molar-refractivity contribution is 6.74. The van der Waals surface area contributed by atoms with Crippen LogP contribution in [-0.2, 0) is 17.6 Å². The molecule has 0 bridgehead atoms. The Kier molecular flexibility index (Phi) is 8.86. The fourth-order valence-corrected chi connectivity index (χ4v) is 6.19. The lowest BCUT2D eigenvalue weighted by molar-refractivity contribution is 0.0555. The van der Waals surface area contributed by atoms with Crippen molar-refractivity contribution in [2.24, 2.45) is 0 Å². The lowest BCUT2D eigenvalue weighted by atomic mass is 9.92. The highest BCUT2D eigenvalue weighted by atomic mass is 28.4. The van der Waals surface area contributed by atoms with Crippen LogP contribution in [0.3, 0.4) is 0 Å². The zero-order valence-electron chi connectivity index (χ0n) is 25.1. The molecule has 1 aliphatic carbocycles. The fourth-order valence-electron chi connectivity index (χ4n) is 5.26. The molecule has 0 aliphatic heterocycles. The molecule has 2 heterocycles. The molecule has 0 N–H and O–H groups in total. The second-order valence-electron chi connectivity index (χ2n) is 12.6. The molecule has 212 valence electrons. The first kappa shape index (κ1) is 29.3. The van der Waals surface area contributed by atoms with Gasteiger partial charge in [-0.25, -0.2) is 9.97 Å². The summed E-state index contributed by atoms with van der Waals surface area (Å²) in [5.74, 6) is 1.64. The van der Waals surface area contributed by atoms with Gasteiger partial charge in [-0.05, 0) is 69.1 Å². The Balaban J connectivity index is 1.64. The van der Waals surface area contributed by atoms with Crippen molar-refractivity contribution in [2.75, 3.05) is 7.11 Å². The lowest BCUT2D eigenvalue weighted by Crippen LogP contribution is -2.45. The topological polar surface area (TPSA) is 69.5 Å². The van der Waals surface area contributed by atoms with Gasteiger partial charge in [0.15, 0.2) is 14.0 Å². The first-order valence-electron chi connectivity index (χ1n) is 14.4. The summed E-state index contributed by atoms with van der Waals surface area (Å²) >= 11 is 0. The normalized spacial score (nSPS) is 15.2. The Hall–Kier alpha value is -2.71. The van der Waals surface area contributed by atoms with Gasteiger partial charge >= 0.3 is 0 Å². The Bertz CT molecular complexity index is 1290. The molecule has 0 radical (unpaired) electrons. The van der Waals surface area contributed by atoms with Crippen LogP contribution in [0, 0.1) is 0 Å². The summed E-state index contributed by atoms with van der Waals surface area (Å²) in [5, 5.41) is 0.106. The number of nitrogens with zero attached hydrogens (tertiary/aromatic N) is 4. The van der Waals surface area contributed by atoms with Crippen LogP contribution in [0.5, 0.6) is 5.75 Å². The second kappa shape index (κ2) is 11.8. The number of carbonyl (C=O) groups excluding carboxylic acids is 1. The highest BCUT2D eigenvalue weighted by Gasteiger charge is 2.37. The van der Waals surface area contributed by atoms with Crippen molar-refractivity contribution >= 4 is 25.4 Å². The van der Waals surface area contributed by atoms with Crippen LogP contribution in [0.25, 0.3) is 11.2 Å². The van der Waals surface area contributed by atoms with E-state index in [9.17, 15) is 4.79 Å². The molecule has 0 unspecified atom stereocenters. The van der Waals surface area contributed by atoms with Gasteiger partial charge in [-0.1, -0.05) is 46.1 Å². The summed E-state index contributed by atoms with van der Waals surface area (Å²) in [7, 11) is -0.295. The van der Waals surface area contributed by atoms with Crippen molar-refractivity contribution in [3.63, 3.8) is 0 Å². The molecule has 1 aliphatic rings. The van der Waals surface area contributed by atoms with Gasteiger partial charge in [0, 0.05) is 29.4 Å². The van der Waals surface area contributed by atoms with Crippen molar-refractivity contribution in [1.29, 1.82) is 0 Å². The molecule has 0 atom stereocenters. The number of fused-ring (bicyclic) bond motifs is 1. The maximum absolute atomic E-state index is 13.7. The minimum absolute atomic E-state index is 0.0856. The number of hydrogen-bond donors (Lipinski definition) is 0. The second-order valence-corrected chi connectivity index (χ2v) is 17.4. The molecule has 39 heavy (non-hydrogen) atoms. The van der Waals surface area contributed by atoms with Crippen molar-refractivity contribution in [3.05, 3.63) is 53.5 Å². The summed E-state index contributed by atoms with van der Waals surface area (Å²) in [6.07, 6.45) is 7.59. The van der Waals surface area contributed by atoms with Gasteiger partial charge in [-0.15, -0.1) is 0 Å². The average molecular weight is 551 g/mol. The monoisotopic (exact) mass is 550 g/mol. The number of ether oxygens (including phenoxy) is 1. The highest BCUT2D eigenvalue weighted by Crippen LogP contribution is 2.37. The first-order chi connectivity index (χ1) is 18.4. The van der Waals surface area contributed by atoms with Crippen LogP contribution in [0.15, 0.2) is 36.5 Å². The number of aromatic nitrogens is 3. The molecule has 1 aromatic carbocycles. The Morgan fingerprint density at radius 3 is 2.51 bits per heavy atom. The molecule has 1 fully saturated rings. The van der Waals surface area contributed by atoms with Crippen LogP contribution < -0.4 is 4.74 Å². The van der Waals surface area contributed by atoms with E-state index in [-0.39, 0.29) is 17.0 Å². The molecule has 2 aromatic heterocycles. The molecular weight excluding hydrogens is 504 g/mol. The van der Waals surface area contributed by atoms with Crippen LogP contribution >= 0.6 is 0 Å². The molecule has 8 heteroatoms. The third-order valence-electron chi connectivity index (χ3n) is 8.59. The Morgan fingerprint density at radius 1 is 1.15 bits per heavy atom. The molecule has 1 saturated carbocycles. The van der Waals surface area contributed by atoms with Crippen LogP contribution in [-0.4, -0.2) is 52.9 Å². The molecule has 1 amide bonds. The van der Waals surface area contributed by atoms with Gasteiger partial charge < -0.3 is 18.6 Å². The number of pyridine rings is 1. The van der Waals surface area contributed by atoms with Crippen molar-refractivity contribution in [1.82, 2.24) is 19.4 Å². The smallest absolute Gasteiger partial charge is 0.254 e. The summed E-state index contributed by atoms with van der Waals surface area (Å²) in [5.41, 5.74) is 3.32. The van der Waals surface area contributed by atoms with E-state index >= 15 is 0 Å². The minimum Gasteiger partial charge on any atom is -0.496 e. The molecule has 3 aromatic rings. The predicted octanol–water partition coefficient (Wildman–Crippen LogP) is 7.19. The van der Waals surface area contributed by atoms with E-state index in [1.165, 1.54) is 19.3 Å². The minimum atomic E-state index is -1.96. The van der Waals surface area contributed by atoms with E-state index in [1.54, 1.807) is 13.3 Å². The average Bonchev–Trinajstić information content (AvgIpc) is 3.25. The van der Waals surface area contributed by atoms with Crippen LogP contribution in [0.4, 0.5) is 0 Å². The molecule has 4 rings (SSSR count). The summed E-state index contributed by atoms with van der Waals surface area (Å²) < 4.78 is 14.5. The van der Waals surface area contributed by atoms with E-state index in [0.29, 0.717) is 36.2 Å². The van der Waals surface area contributed by atoms with Gasteiger partial charge in [0.05, 0.1) is 25.8 Å². The van der Waals surface area contributed by atoms with E-state index in [2.05, 4.69) is 62.2 Å². The third-order valence-corrected chi connectivity index (χ3v) is 13.1. The predicted molar refractivity (Wildman–Crippen MR) is 160 cm³/mol. The number of benzene rings is 1. The van der Waals surface area contributed by atoms with E-state index in [0.717, 1.165) is 29.7 Å². The van der Waals surface area contributed by atoms with Gasteiger partial charge in [-0.2, -0.15) is 0 Å². The quantitative estimate of drug-likeness (QED) is 0.264. The number of amides is 1. The van der Waals surface area contributed by atoms with Gasteiger partial charge in [0.1, 0.15) is 11.6 Å². The standard InChI is InChI=1S/C31H46N4O3Si/c1-22(2)35(25-13-10-9-11-14-25)30(36)23-16-17-24(27(19-23)37-6)20-34-26-15-12-18-32-29(26)33-28(34)21-38-39(7,8)31(3,4)5/h12,15-19,22,25H,9-11,13-14,20-21H2,1-8H3. The number of rotatable bonds is 9. The third kappa shape index (κ3) is 6.38. The van der Waals surface area contributed by atoms with Gasteiger partial charge in [0.2, 0.25) is 0 Å². The van der Waals surface area contributed by atoms with E-state index < -0.39 is 8.32 Å². The number of imidazole rings is 1. The van der Waals surface area contributed by atoms with Crippen molar-refractivity contribution in [2.45, 2.75) is 110 Å². The van der Waals surface area contributed by atoms with Crippen LogP contribution in [0.2, 0.25) is 18.1 Å². The molecular formula is C31H46N4O3Si. The Morgan fingerprint density at radius 2 is 1.87 bits per heavy atom. The van der Waals surface area contributed by atoms with Gasteiger partial charge in [0.25, 0.3) is 5.91 Å². The fraction of sp³-hybridized carbons (Fsp3) is 0.581. The number of methoxy groups -OCH3 is 1. The van der Waals surface area contributed by atoms with E-state index in [4.69, 9.17) is 14.1 Å². The van der Waals surface area contributed by atoms with Crippen molar-refractivity contribution < 1.29 is 14.0 Å². The van der Waals surface area contributed by atoms with Crippen LogP contribution in [0.1, 0.15) is 88.5 Å². The number of hydrogen-bond acceptors (Lipinski definition) is 5. The SMILES string of the molecule is COc1cc(C(=O)N(C(C)C)C2CCCCC2)ccc1Cn1c(CO[Si](C)(C)C(C)(C)C)nc2ncccc21. The largest absolute Gasteiger partial charge is 0.496 e. The molecule has 0 spiro atoms. The van der Waals surface area contributed by atoms with Crippen molar-refractivity contribution in [3.8, 4) is 5.75 Å². The summed E-state index contributed by atoms with van der Waals surface area (Å²) in [6, 6.07) is 10.3. The maximum Gasteiger partial charge on any atom is 0.254 e. The van der Waals surface area contributed by atoms with Gasteiger partial charge in [-0.3, -0.25) is 4.79 Å². The summed E-state index contributed by atoms with van der Waals surface area (Å²) in [6.45, 7) is 16.4. The lowest BCUT2D eigenvalue weighted by Gasteiger charge is -2.37. The Labute approximate surface area is 235 Å². The number of carbonyl (C=O) groups is 1. The first-order valence-corrected chi connectivity index (χ1v) is 17.3. The zero-order valence-corrected chi connectivity index (χ0v) is 26.1. The molecule has 0 saturated heterocycles.